The molecule has 0 saturated carbocycles. The third-order valence-electron chi connectivity index (χ3n) is 3.66. The molecule has 1 atom stereocenters. The second kappa shape index (κ2) is 7.11. The lowest BCUT2D eigenvalue weighted by atomic mass is 10.1. The normalized spacial score (nSPS) is 19.0. The predicted octanol–water partition coefficient (Wildman–Crippen LogP) is 5.02. The summed E-state index contributed by atoms with van der Waals surface area (Å²) in [6.07, 6.45) is 0.891. The highest BCUT2D eigenvalue weighted by atomic mass is 79.9. The Morgan fingerprint density at radius 1 is 1.27 bits per heavy atom. The van der Waals surface area contributed by atoms with Gasteiger partial charge in [-0.3, -0.25) is 4.79 Å². The van der Waals surface area contributed by atoms with Gasteiger partial charge in [-0.15, -0.1) is 0 Å². The average Bonchev–Trinajstić information content (AvgIpc) is 2.81. The van der Waals surface area contributed by atoms with Crippen LogP contribution in [0.5, 0.6) is 0 Å². The Kier molecular flexibility index (Phi) is 5.16. The first kappa shape index (κ1) is 16.0. The molecule has 1 aromatic heterocycles. The molecule has 0 bridgehead atoms. The molecule has 116 valence electrons. The Hall–Kier alpha value is -0.910. The maximum absolute atomic E-state index is 12.5. The number of rotatable bonds is 2. The van der Waals surface area contributed by atoms with Crippen molar-refractivity contribution in [2.24, 2.45) is 0 Å². The molecule has 2 heterocycles. The van der Waals surface area contributed by atoms with Crippen molar-refractivity contribution < 1.29 is 9.21 Å². The lowest BCUT2D eigenvalue weighted by Gasteiger charge is -2.19. The molecule has 1 aliphatic rings. The van der Waals surface area contributed by atoms with E-state index in [0.717, 1.165) is 29.3 Å². The van der Waals surface area contributed by atoms with Gasteiger partial charge in [0.25, 0.3) is 5.91 Å². The number of benzene rings is 1. The number of carbonyl (C=O) groups excluding carboxylic acids is 1. The molecule has 1 aromatic carbocycles. The number of thioether (sulfide) groups is 1. The maximum atomic E-state index is 12.5. The number of halogens is 2. The van der Waals surface area contributed by atoms with Crippen LogP contribution in [-0.2, 0) is 0 Å². The highest BCUT2D eigenvalue weighted by Crippen LogP contribution is 2.38. The summed E-state index contributed by atoms with van der Waals surface area (Å²) in [7, 11) is 0. The summed E-state index contributed by atoms with van der Waals surface area (Å²) in [6.45, 7) is 1.43. The monoisotopic (exact) mass is 399 g/mol. The van der Waals surface area contributed by atoms with Gasteiger partial charge in [0.1, 0.15) is 0 Å². The average molecular weight is 401 g/mol. The quantitative estimate of drug-likeness (QED) is 0.710. The van der Waals surface area contributed by atoms with E-state index in [1.807, 2.05) is 34.9 Å². The van der Waals surface area contributed by atoms with Gasteiger partial charge < -0.3 is 9.32 Å². The molecular formula is C16H15BrClNO2S. The van der Waals surface area contributed by atoms with E-state index in [1.54, 1.807) is 12.1 Å². The maximum Gasteiger partial charge on any atom is 0.289 e. The number of carbonyl (C=O) groups is 1. The first-order chi connectivity index (χ1) is 10.6. The number of furan rings is 1. The molecule has 1 amide bonds. The summed E-state index contributed by atoms with van der Waals surface area (Å²) in [4.78, 5) is 14.3. The largest absolute Gasteiger partial charge is 0.444 e. The summed E-state index contributed by atoms with van der Waals surface area (Å²) in [5.74, 6) is 1.22. The van der Waals surface area contributed by atoms with E-state index in [2.05, 4.69) is 22.0 Å². The first-order valence-electron chi connectivity index (χ1n) is 7.06. The van der Waals surface area contributed by atoms with Gasteiger partial charge in [-0.2, -0.15) is 11.8 Å². The molecule has 6 heteroatoms. The Morgan fingerprint density at radius 3 is 2.82 bits per heavy atom. The SMILES string of the molecule is O=C(c1ccc(Br)o1)N1CCS[C@H](c2ccccc2Cl)CC1. The number of amides is 1. The molecule has 3 nitrogen and oxygen atoms in total. The topological polar surface area (TPSA) is 33.5 Å². The van der Waals surface area contributed by atoms with Crippen LogP contribution < -0.4 is 0 Å². The molecule has 1 aliphatic heterocycles. The van der Waals surface area contributed by atoms with Crippen molar-refractivity contribution in [3.8, 4) is 0 Å². The summed E-state index contributed by atoms with van der Waals surface area (Å²) < 4.78 is 5.95. The second-order valence-electron chi connectivity index (χ2n) is 5.07. The van der Waals surface area contributed by atoms with Crippen LogP contribution >= 0.6 is 39.3 Å². The third kappa shape index (κ3) is 3.53. The Balaban J connectivity index is 1.70. The van der Waals surface area contributed by atoms with Gasteiger partial charge >= 0.3 is 0 Å². The summed E-state index contributed by atoms with van der Waals surface area (Å²) in [5.41, 5.74) is 1.16. The predicted molar refractivity (Wildman–Crippen MR) is 93.6 cm³/mol. The van der Waals surface area contributed by atoms with Crippen LogP contribution in [-0.4, -0.2) is 29.6 Å². The zero-order valence-corrected chi connectivity index (χ0v) is 15.0. The zero-order chi connectivity index (χ0) is 15.5. The number of nitrogens with zero attached hydrogens (tertiary/aromatic N) is 1. The van der Waals surface area contributed by atoms with Crippen LogP contribution in [0.4, 0.5) is 0 Å². The highest BCUT2D eigenvalue weighted by Gasteiger charge is 2.25. The van der Waals surface area contributed by atoms with Gasteiger partial charge in [0.05, 0.1) is 0 Å². The fraction of sp³-hybridized carbons (Fsp3) is 0.312. The summed E-state index contributed by atoms with van der Waals surface area (Å²) >= 11 is 11.4. The number of hydrogen-bond donors (Lipinski definition) is 0. The van der Waals surface area contributed by atoms with Gasteiger partial charge in [-0.05, 0) is 46.1 Å². The van der Waals surface area contributed by atoms with Gasteiger partial charge in [-0.1, -0.05) is 29.8 Å². The van der Waals surface area contributed by atoms with Gasteiger partial charge in [-0.25, -0.2) is 0 Å². The van der Waals surface area contributed by atoms with Crippen molar-refractivity contribution >= 4 is 45.2 Å². The van der Waals surface area contributed by atoms with Crippen molar-refractivity contribution in [1.29, 1.82) is 0 Å². The van der Waals surface area contributed by atoms with E-state index in [4.69, 9.17) is 16.0 Å². The van der Waals surface area contributed by atoms with E-state index in [0.29, 0.717) is 22.2 Å². The lowest BCUT2D eigenvalue weighted by Crippen LogP contribution is -2.32. The number of hydrogen-bond acceptors (Lipinski definition) is 3. The van der Waals surface area contributed by atoms with Crippen molar-refractivity contribution in [2.75, 3.05) is 18.8 Å². The standard InChI is InChI=1S/C16H15BrClNO2S/c17-15-6-5-13(21-15)16(20)19-8-7-14(22-10-9-19)11-3-1-2-4-12(11)18/h1-6,14H,7-10H2/t14-/m0/s1. The fourth-order valence-electron chi connectivity index (χ4n) is 2.54. The Labute approximate surface area is 147 Å². The molecule has 2 aromatic rings. The molecule has 1 fully saturated rings. The van der Waals surface area contributed by atoms with Crippen LogP contribution in [0.3, 0.4) is 0 Å². The molecule has 1 saturated heterocycles. The van der Waals surface area contributed by atoms with Crippen molar-refractivity contribution in [3.63, 3.8) is 0 Å². The lowest BCUT2D eigenvalue weighted by molar-refractivity contribution is 0.0733. The molecule has 0 spiro atoms. The molecule has 22 heavy (non-hydrogen) atoms. The van der Waals surface area contributed by atoms with Gasteiger partial charge in [0, 0.05) is 29.1 Å². The molecule has 0 aliphatic carbocycles. The Bertz CT molecular complexity index is 676. The third-order valence-corrected chi connectivity index (χ3v) is 5.75. The fourth-order valence-corrected chi connectivity index (χ4v) is 4.45. The minimum Gasteiger partial charge on any atom is -0.444 e. The van der Waals surface area contributed by atoms with Gasteiger partial charge in [0.2, 0.25) is 0 Å². The van der Waals surface area contributed by atoms with Gasteiger partial charge in [0.15, 0.2) is 10.4 Å². The molecule has 0 unspecified atom stereocenters. The minimum atomic E-state index is -0.0499. The van der Waals surface area contributed by atoms with E-state index < -0.39 is 0 Å². The molecule has 0 N–H and O–H groups in total. The zero-order valence-electron chi connectivity index (χ0n) is 11.8. The summed E-state index contributed by atoms with van der Waals surface area (Å²) in [5, 5.41) is 1.13. The van der Waals surface area contributed by atoms with E-state index in [9.17, 15) is 4.79 Å². The summed E-state index contributed by atoms with van der Waals surface area (Å²) in [6, 6.07) is 11.4. The highest BCUT2D eigenvalue weighted by molar-refractivity contribution is 9.10. The molecule has 0 radical (unpaired) electrons. The molecular weight excluding hydrogens is 386 g/mol. The second-order valence-corrected chi connectivity index (χ2v) is 7.56. The van der Waals surface area contributed by atoms with Crippen LogP contribution in [0.1, 0.15) is 27.8 Å². The van der Waals surface area contributed by atoms with Crippen molar-refractivity contribution in [1.82, 2.24) is 4.90 Å². The first-order valence-corrected chi connectivity index (χ1v) is 9.28. The van der Waals surface area contributed by atoms with Crippen LogP contribution in [0.25, 0.3) is 0 Å². The van der Waals surface area contributed by atoms with Crippen LogP contribution in [0, 0.1) is 0 Å². The van der Waals surface area contributed by atoms with Crippen LogP contribution in [0.15, 0.2) is 45.5 Å². The van der Waals surface area contributed by atoms with Crippen molar-refractivity contribution in [2.45, 2.75) is 11.7 Å². The Morgan fingerprint density at radius 2 is 2.09 bits per heavy atom. The van der Waals surface area contributed by atoms with E-state index in [1.165, 1.54) is 0 Å². The van der Waals surface area contributed by atoms with E-state index in [-0.39, 0.29) is 5.91 Å². The van der Waals surface area contributed by atoms with E-state index >= 15 is 0 Å². The smallest absolute Gasteiger partial charge is 0.289 e. The molecule has 3 rings (SSSR count). The van der Waals surface area contributed by atoms with Crippen molar-refractivity contribution in [3.05, 3.63) is 57.4 Å². The van der Waals surface area contributed by atoms with Crippen LogP contribution in [0.2, 0.25) is 5.02 Å². The minimum absolute atomic E-state index is 0.0499.